The fourth-order valence-electron chi connectivity index (χ4n) is 2.42. The number of rotatable bonds is 7. The van der Waals surface area contributed by atoms with Gasteiger partial charge in [0.25, 0.3) is 0 Å². The topological polar surface area (TPSA) is 65.5 Å². The molecule has 0 radical (unpaired) electrons. The predicted molar refractivity (Wildman–Crippen MR) is 124 cm³/mol. The molecule has 0 saturated carbocycles. The first-order valence-corrected chi connectivity index (χ1v) is 9.06. The van der Waals surface area contributed by atoms with Crippen LogP contribution in [0.15, 0.2) is 53.5 Å². The van der Waals surface area contributed by atoms with E-state index in [1.165, 1.54) is 12.1 Å². The smallest absolute Gasteiger partial charge is 0.226 e. The second kappa shape index (κ2) is 12.3. The maximum absolute atomic E-state index is 13.2. The van der Waals surface area contributed by atoms with Crippen molar-refractivity contribution in [3.63, 3.8) is 0 Å². The van der Waals surface area contributed by atoms with Crippen molar-refractivity contribution >= 4 is 41.5 Å². The van der Waals surface area contributed by atoms with Gasteiger partial charge in [-0.3, -0.25) is 9.79 Å². The monoisotopic (exact) mass is 498 g/mol. The summed E-state index contributed by atoms with van der Waals surface area (Å²) in [4.78, 5) is 15.9. The van der Waals surface area contributed by atoms with Gasteiger partial charge in [0.2, 0.25) is 5.91 Å². The molecule has 0 spiro atoms. The molecule has 0 fully saturated rings. The molecule has 3 N–H and O–H groups in total. The number of nitrogens with one attached hydrogen (secondary N) is 3. The van der Waals surface area contributed by atoms with E-state index in [9.17, 15) is 9.18 Å². The van der Waals surface area contributed by atoms with Gasteiger partial charge in [-0.2, -0.15) is 0 Å². The molecule has 152 valence electrons. The molecule has 2 aromatic carbocycles. The van der Waals surface area contributed by atoms with Gasteiger partial charge in [0.05, 0.1) is 0 Å². The highest BCUT2D eigenvalue weighted by Gasteiger charge is 2.06. The van der Waals surface area contributed by atoms with E-state index in [1.54, 1.807) is 13.1 Å². The van der Waals surface area contributed by atoms with Crippen molar-refractivity contribution in [3.8, 4) is 0 Å². The van der Waals surface area contributed by atoms with Gasteiger partial charge in [0.1, 0.15) is 5.82 Å². The van der Waals surface area contributed by atoms with Crippen LogP contribution in [0.25, 0.3) is 0 Å². The van der Waals surface area contributed by atoms with Crippen LogP contribution in [0.4, 0.5) is 10.1 Å². The van der Waals surface area contributed by atoms with Crippen molar-refractivity contribution in [2.45, 2.75) is 26.8 Å². The number of anilines is 1. The molecular formula is C21H28FIN4O. The molecule has 0 unspecified atom stereocenters. The third kappa shape index (κ3) is 8.24. The number of nitrogens with zero attached hydrogens (tertiary/aromatic N) is 1. The molecule has 5 nitrogen and oxygen atoms in total. The van der Waals surface area contributed by atoms with Crippen LogP contribution in [-0.2, 0) is 17.8 Å². The van der Waals surface area contributed by atoms with Crippen LogP contribution in [0, 0.1) is 11.7 Å². The van der Waals surface area contributed by atoms with Gasteiger partial charge in [0.15, 0.2) is 5.96 Å². The minimum atomic E-state index is -0.219. The van der Waals surface area contributed by atoms with Crippen LogP contribution in [-0.4, -0.2) is 25.5 Å². The SMILES string of the molecule is CN=C(NCCc1cccc(F)c1)NCc1ccc(NC(=O)C(C)C)cc1.I. The molecule has 0 aliphatic heterocycles. The van der Waals surface area contributed by atoms with Crippen LogP contribution >= 0.6 is 24.0 Å². The number of aliphatic imine (C=N–C) groups is 1. The normalized spacial score (nSPS) is 11.0. The fraction of sp³-hybridized carbons (Fsp3) is 0.333. The highest BCUT2D eigenvalue weighted by molar-refractivity contribution is 14.0. The summed E-state index contributed by atoms with van der Waals surface area (Å²) >= 11 is 0. The summed E-state index contributed by atoms with van der Waals surface area (Å²) in [6, 6.07) is 14.3. The third-order valence-electron chi connectivity index (χ3n) is 4.02. The van der Waals surface area contributed by atoms with Crippen LogP contribution in [0.3, 0.4) is 0 Å². The van der Waals surface area contributed by atoms with Gasteiger partial charge in [-0.25, -0.2) is 4.39 Å². The molecule has 28 heavy (non-hydrogen) atoms. The second-order valence-corrected chi connectivity index (χ2v) is 6.57. The lowest BCUT2D eigenvalue weighted by Gasteiger charge is -2.13. The van der Waals surface area contributed by atoms with E-state index in [1.807, 2.05) is 44.2 Å². The Morgan fingerprint density at radius 2 is 1.79 bits per heavy atom. The highest BCUT2D eigenvalue weighted by Crippen LogP contribution is 2.11. The Labute approximate surface area is 183 Å². The molecule has 2 aromatic rings. The number of hydrogen-bond acceptors (Lipinski definition) is 2. The van der Waals surface area contributed by atoms with Crippen LogP contribution in [0.2, 0.25) is 0 Å². The highest BCUT2D eigenvalue weighted by atomic mass is 127. The molecule has 0 aromatic heterocycles. The van der Waals surface area contributed by atoms with Crippen LogP contribution in [0.5, 0.6) is 0 Å². The summed E-state index contributed by atoms with van der Waals surface area (Å²) < 4.78 is 13.2. The van der Waals surface area contributed by atoms with Gasteiger partial charge >= 0.3 is 0 Å². The largest absolute Gasteiger partial charge is 0.356 e. The lowest BCUT2D eigenvalue weighted by Crippen LogP contribution is -2.37. The first kappa shape index (κ1) is 23.9. The van der Waals surface area contributed by atoms with Crippen molar-refractivity contribution in [1.82, 2.24) is 10.6 Å². The van der Waals surface area contributed by atoms with E-state index < -0.39 is 0 Å². The molecule has 0 aliphatic rings. The van der Waals surface area contributed by atoms with Crippen molar-refractivity contribution in [1.29, 1.82) is 0 Å². The Morgan fingerprint density at radius 3 is 2.39 bits per heavy atom. The lowest BCUT2D eigenvalue weighted by atomic mass is 10.1. The Kier molecular flexibility index (Phi) is 10.5. The van der Waals surface area contributed by atoms with Gasteiger partial charge in [0, 0.05) is 31.7 Å². The summed E-state index contributed by atoms with van der Waals surface area (Å²) in [6.07, 6.45) is 0.711. The van der Waals surface area contributed by atoms with Crippen molar-refractivity contribution in [2.75, 3.05) is 18.9 Å². The van der Waals surface area contributed by atoms with Crippen LogP contribution < -0.4 is 16.0 Å². The van der Waals surface area contributed by atoms with E-state index in [0.717, 1.165) is 16.8 Å². The maximum Gasteiger partial charge on any atom is 0.226 e. The molecule has 0 saturated heterocycles. The number of carbonyl (C=O) groups is 1. The molecule has 1 amide bonds. The Balaban J connectivity index is 0.00000392. The van der Waals surface area contributed by atoms with E-state index in [0.29, 0.717) is 25.5 Å². The number of hydrogen-bond donors (Lipinski definition) is 3. The summed E-state index contributed by atoms with van der Waals surface area (Å²) in [6.45, 7) is 4.99. The fourth-order valence-corrected chi connectivity index (χ4v) is 2.42. The molecule has 0 heterocycles. The second-order valence-electron chi connectivity index (χ2n) is 6.57. The Morgan fingerprint density at radius 1 is 1.07 bits per heavy atom. The van der Waals surface area contributed by atoms with Crippen LogP contribution in [0.1, 0.15) is 25.0 Å². The molecule has 7 heteroatoms. The van der Waals surface area contributed by atoms with E-state index in [2.05, 4.69) is 20.9 Å². The average Bonchev–Trinajstić information content (AvgIpc) is 2.65. The van der Waals surface area contributed by atoms with Gasteiger partial charge in [-0.15, -0.1) is 24.0 Å². The first-order chi connectivity index (χ1) is 13.0. The van der Waals surface area contributed by atoms with Crippen molar-refractivity contribution in [2.24, 2.45) is 10.9 Å². The number of benzene rings is 2. The number of halogens is 2. The standard InChI is InChI=1S/C21H27FN4O.HI/c1-15(2)20(27)26-19-9-7-17(8-10-19)14-25-21(23-3)24-12-11-16-5-4-6-18(22)13-16;/h4-10,13,15H,11-12,14H2,1-3H3,(H,26,27)(H2,23,24,25);1H. The van der Waals surface area contributed by atoms with E-state index in [-0.39, 0.29) is 41.6 Å². The summed E-state index contributed by atoms with van der Waals surface area (Å²) in [5, 5.41) is 9.33. The predicted octanol–water partition coefficient (Wildman–Crippen LogP) is 3.95. The summed E-state index contributed by atoms with van der Waals surface area (Å²) in [5.41, 5.74) is 2.80. The minimum absolute atomic E-state index is 0. The summed E-state index contributed by atoms with van der Waals surface area (Å²) in [5.74, 6) is 0.420. The average molecular weight is 498 g/mol. The van der Waals surface area contributed by atoms with Gasteiger partial charge < -0.3 is 16.0 Å². The zero-order chi connectivity index (χ0) is 19.6. The van der Waals surface area contributed by atoms with Crippen molar-refractivity contribution < 1.29 is 9.18 Å². The minimum Gasteiger partial charge on any atom is -0.356 e. The van der Waals surface area contributed by atoms with Gasteiger partial charge in [-0.05, 0) is 41.8 Å². The molecule has 0 atom stereocenters. The Bertz CT molecular complexity index is 778. The number of carbonyl (C=O) groups excluding carboxylic acids is 1. The maximum atomic E-state index is 13.2. The zero-order valence-electron chi connectivity index (χ0n) is 16.5. The number of amides is 1. The molecule has 2 rings (SSSR count). The molecule has 0 bridgehead atoms. The number of guanidine groups is 1. The zero-order valence-corrected chi connectivity index (χ0v) is 18.8. The third-order valence-corrected chi connectivity index (χ3v) is 4.02. The first-order valence-electron chi connectivity index (χ1n) is 9.06. The van der Waals surface area contributed by atoms with Crippen molar-refractivity contribution in [3.05, 3.63) is 65.5 Å². The molecular weight excluding hydrogens is 470 g/mol. The van der Waals surface area contributed by atoms with E-state index >= 15 is 0 Å². The molecule has 0 aliphatic carbocycles. The van der Waals surface area contributed by atoms with E-state index in [4.69, 9.17) is 0 Å². The lowest BCUT2D eigenvalue weighted by molar-refractivity contribution is -0.118. The summed E-state index contributed by atoms with van der Waals surface area (Å²) in [7, 11) is 1.71. The Hall–Kier alpha value is -2.16. The quantitative estimate of drug-likeness (QED) is 0.308. The van der Waals surface area contributed by atoms with Gasteiger partial charge in [-0.1, -0.05) is 38.1 Å².